The van der Waals surface area contributed by atoms with Gasteiger partial charge in [-0.1, -0.05) is 30.3 Å². The number of allylic oxidation sites excluding steroid dienone is 1. The molecule has 0 fully saturated rings. The summed E-state index contributed by atoms with van der Waals surface area (Å²) in [6.45, 7) is 8.17. The Morgan fingerprint density at radius 3 is 1.50 bits per heavy atom. The number of carbonyl (C=O) groups excluding carboxylic acids is 1. The van der Waals surface area contributed by atoms with Crippen molar-refractivity contribution in [1.29, 1.82) is 0 Å². The molecule has 7 aromatic rings. The summed E-state index contributed by atoms with van der Waals surface area (Å²) in [4.78, 5) is 32.0. The van der Waals surface area contributed by atoms with Crippen LogP contribution in [0.4, 0.5) is 30.9 Å². The van der Waals surface area contributed by atoms with Crippen LogP contribution in [0.5, 0.6) is 0 Å². The minimum absolute atomic E-state index is 0. The molecule has 0 aliphatic heterocycles. The fourth-order valence-electron chi connectivity index (χ4n) is 5.21. The van der Waals surface area contributed by atoms with E-state index in [1.165, 1.54) is 0 Å². The number of carbonyl (C=O) groups is 1. The molecule has 0 N–H and O–H groups in total. The zero-order chi connectivity index (χ0) is 42.8. The molecule has 0 aliphatic carbocycles. The number of benzene rings is 3. The summed E-state index contributed by atoms with van der Waals surface area (Å²) in [6.07, 6.45) is 10.5. The van der Waals surface area contributed by atoms with Crippen LogP contribution >= 0.6 is 7.81 Å². The van der Waals surface area contributed by atoms with Crippen molar-refractivity contribution in [1.82, 2.24) is 19.9 Å². The summed E-state index contributed by atoms with van der Waals surface area (Å²) in [6, 6.07) is 49.2. The van der Waals surface area contributed by atoms with E-state index in [1.807, 2.05) is 146 Å². The van der Waals surface area contributed by atoms with Crippen LogP contribution in [0.1, 0.15) is 35.3 Å². The first-order valence-corrected chi connectivity index (χ1v) is 20.3. The summed E-state index contributed by atoms with van der Waals surface area (Å²) < 4.78 is 59.2. The second-order valence-corrected chi connectivity index (χ2v) is 14.5. The van der Waals surface area contributed by atoms with Gasteiger partial charge in [0.15, 0.2) is 5.78 Å². The second kappa shape index (κ2) is 21.9. The van der Waals surface area contributed by atoms with Crippen LogP contribution in [0.2, 0.25) is 0 Å². The van der Waals surface area contributed by atoms with Crippen LogP contribution in [-0.2, 0) is 20.1 Å². The Morgan fingerprint density at radius 1 is 0.600 bits per heavy atom. The smallest absolute Gasteiger partial charge is 0.0160 e. The molecule has 0 amide bonds. The SMILES string of the molecule is CCN(CC)c1ccc(C(=O)/C=C/c2ccnc(-c3cc(C)ccn3)c2)cc1.F[P-](F)(F)(F)(F)F.[Ir].[c-]1ccccc1-c1ccccn1.[c-]1ccccc1-c1ccccn1. The van der Waals surface area contributed by atoms with E-state index in [2.05, 4.69) is 50.8 Å². The number of halogens is 6. The van der Waals surface area contributed by atoms with E-state index in [0.717, 1.165) is 63.8 Å². The van der Waals surface area contributed by atoms with Gasteiger partial charge in [-0.15, -0.1) is 71.8 Å². The van der Waals surface area contributed by atoms with Crippen molar-refractivity contribution in [3.05, 3.63) is 193 Å². The van der Waals surface area contributed by atoms with Gasteiger partial charge >= 0.3 is 33.0 Å². The molecule has 0 bridgehead atoms. The molecule has 0 spiro atoms. The molecular formula is C46H41F6IrN5OP-3. The summed E-state index contributed by atoms with van der Waals surface area (Å²) >= 11 is 0. The van der Waals surface area contributed by atoms with E-state index in [0.29, 0.717) is 5.56 Å². The van der Waals surface area contributed by atoms with Gasteiger partial charge in [0.1, 0.15) is 0 Å². The van der Waals surface area contributed by atoms with Crippen LogP contribution in [0.3, 0.4) is 0 Å². The van der Waals surface area contributed by atoms with Gasteiger partial charge < -0.3 is 14.9 Å². The number of pyridine rings is 4. The first-order chi connectivity index (χ1) is 28.0. The number of ketones is 1. The van der Waals surface area contributed by atoms with Gasteiger partial charge in [-0.2, -0.15) is 0 Å². The number of anilines is 1. The Hall–Kier alpha value is -5.87. The van der Waals surface area contributed by atoms with Crippen LogP contribution < -0.4 is 4.90 Å². The van der Waals surface area contributed by atoms with Crippen LogP contribution in [-0.4, -0.2) is 38.8 Å². The molecule has 315 valence electrons. The summed E-state index contributed by atoms with van der Waals surface area (Å²) in [5, 5.41) is 0. The fourth-order valence-corrected chi connectivity index (χ4v) is 5.21. The van der Waals surface area contributed by atoms with E-state index < -0.39 is 7.81 Å². The number of aromatic nitrogens is 4. The van der Waals surface area contributed by atoms with E-state index in [1.54, 1.807) is 30.9 Å². The van der Waals surface area contributed by atoms with Crippen molar-refractivity contribution < 1.29 is 50.1 Å². The maximum Gasteiger partial charge on any atom is 0.0160 e. The number of rotatable bonds is 9. The Morgan fingerprint density at radius 2 is 1.07 bits per heavy atom. The molecule has 4 heterocycles. The van der Waals surface area contributed by atoms with Gasteiger partial charge in [0.2, 0.25) is 0 Å². The van der Waals surface area contributed by atoms with Gasteiger partial charge in [0, 0.05) is 69.2 Å². The van der Waals surface area contributed by atoms with Crippen molar-refractivity contribution >= 4 is 25.4 Å². The molecule has 14 heteroatoms. The quantitative estimate of drug-likeness (QED) is 0.0472. The van der Waals surface area contributed by atoms with Gasteiger partial charge in [0.25, 0.3) is 0 Å². The Bertz CT molecular complexity index is 2210. The third-order valence-electron chi connectivity index (χ3n) is 7.97. The van der Waals surface area contributed by atoms with E-state index in [-0.39, 0.29) is 25.9 Å². The molecule has 0 aliphatic rings. The molecule has 0 saturated heterocycles. The Balaban J connectivity index is 0.000000247. The van der Waals surface area contributed by atoms with E-state index in [4.69, 9.17) is 0 Å². The van der Waals surface area contributed by atoms with Crippen molar-refractivity contribution in [3.8, 4) is 33.9 Å². The van der Waals surface area contributed by atoms with Crippen molar-refractivity contribution in [2.24, 2.45) is 0 Å². The van der Waals surface area contributed by atoms with Crippen LogP contribution in [0.25, 0.3) is 40.0 Å². The zero-order valence-electron chi connectivity index (χ0n) is 32.8. The average Bonchev–Trinajstić information content (AvgIpc) is 3.24. The molecule has 6 nitrogen and oxygen atoms in total. The third-order valence-corrected chi connectivity index (χ3v) is 7.97. The third kappa shape index (κ3) is 18.8. The molecule has 1 radical (unpaired) electrons. The summed E-state index contributed by atoms with van der Waals surface area (Å²) in [5.74, 6) is -0.0156. The van der Waals surface area contributed by atoms with Crippen molar-refractivity contribution in [3.63, 3.8) is 0 Å². The van der Waals surface area contributed by atoms with Gasteiger partial charge in [0.05, 0.1) is 11.4 Å². The van der Waals surface area contributed by atoms with E-state index >= 15 is 0 Å². The molecule has 0 unspecified atom stereocenters. The first kappa shape index (κ1) is 48.5. The standard InChI is InChI=1S/C24H25N3O.2C11H8N.F6P.Ir/c1-4-27(5-2)21-9-7-20(8-10-21)24(28)11-6-19-13-15-26-23(17-19)22-16-18(3)12-14-25-22;2*1-2-6-10(7-3-1)11-8-4-5-9-12-11;1-7(2,3,4,5)6;/h6-17H,4-5H2,1-3H3;2*1-6,8-9H;;/q;3*-1;/b11-6+;;;;. The Labute approximate surface area is 359 Å². The monoisotopic (exact) mass is 1020 g/mol. The zero-order valence-corrected chi connectivity index (χ0v) is 36.1. The van der Waals surface area contributed by atoms with E-state index in [9.17, 15) is 30.0 Å². The van der Waals surface area contributed by atoms with Crippen molar-refractivity contribution in [2.75, 3.05) is 18.0 Å². The number of hydrogen-bond donors (Lipinski definition) is 0. The van der Waals surface area contributed by atoms with Crippen molar-refractivity contribution in [2.45, 2.75) is 20.8 Å². The van der Waals surface area contributed by atoms with Gasteiger partial charge in [-0.05, 0) is 110 Å². The summed E-state index contributed by atoms with van der Waals surface area (Å²) in [7, 11) is -10.7. The first-order valence-electron chi connectivity index (χ1n) is 18.3. The largest absolute Gasteiger partial charge is 0.305 e. The van der Waals surface area contributed by atoms with Gasteiger partial charge in [-0.25, -0.2) is 0 Å². The molecule has 0 saturated carbocycles. The minimum atomic E-state index is -10.7. The molecular weight excluding hydrogens is 976 g/mol. The maximum atomic E-state index is 12.5. The van der Waals surface area contributed by atoms with Crippen LogP contribution in [0, 0.1) is 19.1 Å². The number of hydrogen-bond acceptors (Lipinski definition) is 6. The molecule has 0 atom stereocenters. The predicted molar refractivity (Wildman–Crippen MR) is 226 cm³/mol. The predicted octanol–water partition coefficient (Wildman–Crippen LogP) is 13.7. The molecule has 60 heavy (non-hydrogen) atoms. The van der Waals surface area contributed by atoms with Gasteiger partial charge in [-0.3, -0.25) is 14.8 Å². The molecule has 7 rings (SSSR count). The molecule has 4 aromatic heterocycles. The fraction of sp³-hybridized carbons (Fsp3) is 0.109. The normalized spacial score (nSPS) is 11.7. The minimum Gasteiger partial charge on any atom is -0.305 e. The average molecular weight is 1020 g/mol. The number of nitrogens with zero attached hydrogens (tertiary/aromatic N) is 5. The maximum absolute atomic E-state index is 12.5. The number of aryl methyl sites for hydroxylation is 1. The molecule has 3 aromatic carbocycles. The van der Waals surface area contributed by atoms with Crippen LogP contribution in [0.15, 0.2) is 164 Å². The second-order valence-electron chi connectivity index (χ2n) is 12.6. The Kier molecular flexibility index (Phi) is 17.7. The topological polar surface area (TPSA) is 71.9 Å². The summed E-state index contributed by atoms with van der Waals surface area (Å²) in [5.41, 5.74) is 9.51.